The summed E-state index contributed by atoms with van der Waals surface area (Å²) >= 11 is 0. The van der Waals surface area contributed by atoms with Gasteiger partial charge in [0.05, 0.1) is 19.5 Å². The van der Waals surface area contributed by atoms with Gasteiger partial charge in [-0.2, -0.15) is 0 Å². The van der Waals surface area contributed by atoms with Crippen LogP contribution < -0.4 is 14.2 Å². The summed E-state index contributed by atoms with van der Waals surface area (Å²) in [6.07, 6.45) is 0.332. The maximum Gasteiger partial charge on any atom is 0.212 e. The molecule has 7 heteroatoms. The maximum absolute atomic E-state index is 12.8. The van der Waals surface area contributed by atoms with E-state index in [1.54, 1.807) is 19.2 Å². The number of hydrogen-bond acceptors (Lipinski definition) is 4. The van der Waals surface area contributed by atoms with Gasteiger partial charge >= 0.3 is 0 Å². The van der Waals surface area contributed by atoms with Crippen LogP contribution in [0.4, 0.5) is 4.39 Å². The van der Waals surface area contributed by atoms with Crippen molar-refractivity contribution in [2.75, 3.05) is 19.5 Å². The molecule has 5 nitrogen and oxygen atoms in total. The lowest BCUT2D eigenvalue weighted by Crippen LogP contribution is -2.27. The number of rotatable bonds is 9. The van der Waals surface area contributed by atoms with Gasteiger partial charge in [0.1, 0.15) is 17.3 Å². The zero-order valence-electron chi connectivity index (χ0n) is 13.4. The average molecular weight is 353 g/mol. The van der Waals surface area contributed by atoms with Crippen molar-refractivity contribution in [1.82, 2.24) is 4.72 Å². The molecule has 2 aromatic carbocycles. The van der Waals surface area contributed by atoms with Crippen molar-refractivity contribution >= 4 is 10.0 Å². The molecule has 1 N–H and O–H groups in total. The van der Waals surface area contributed by atoms with E-state index in [1.807, 2.05) is 12.1 Å². The summed E-state index contributed by atoms with van der Waals surface area (Å²) in [6.45, 7) is 0.409. The second-order valence-corrected chi connectivity index (χ2v) is 7.03. The number of halogens is 1. The molecule has 130 valence electrons. The van der Waals surface area contributed by atoms with Gasteiger partial charge in [-0.3, -0.25) is 0 Å². The molecule has 24 heavy (non-hydrogen) atoms. The number of nitrogens with one attached hydrogen (secondary N) is 1. The van der Waals surface area contributed by atoms with E-state index in [4.69, 9.17) is 9.47 Å². The summed E-state index contributed by atoms with van der Waals surface area (Å²) in [6, 6.07) is 12.8. The van der Waals surface area contributed by atoms with Crippen LogP contribution in [-0.2, 0) is 16.6 Å². The molecule has 0 fully saturated rings. The Kier molecular flexibility index (Phi) is 6.57. The van der Waals surface area contributed by atoms with Gasteiger partial charge in [-0.25, -0.2) is 17.5 Å². The lowest BCUT2D eigenvalue weighted by Gasteiger charge is -2.10. The maximum atomic E-state index is 12.8. The van der Waals surface area contributed by atoms with Crippen molar-refractivity contribution < 1.29 is 22.3 Å². The molecule has 0 aliphatic heterocycles. The third-order valence-electron chi connectivity index (χ3n) is 3.31. The number of hydrogen-bond donors (Lipinski definition) is 1. The van der Waals surface area contributed by atoms with Crippen LogP contribution in [0, 0.1) is 5.82 Å². The first-order valence-electron chi connectivity index (χ1n) is 7.48. The Morgan fingerprint density at radius 1 is 1.08 bits per heavy atom. The van der Waals surface area contributed by atoms with Crippen molar-refractivity contribution in [3.63, 3.8) is 0 Å². The Morgan fingerprint density at radius 2 is 1.79 bits per heavy atom. The largest absolute Gasteiger partial charge is 0.496 e. The minimum Gasteiger partial charge on any atom is -0.496 e. The Balaban J connectivity index is 1.76. The van der Waals surface area contributed by atoms with Crippen LogP contribution in [0.2, 0.25) is 0 Å². The highest BCUT2D eigenvalue weighted by atomic mass is 32.2. The van der Waals surface area contributed by atoms with Gasteiger partial charge in [-0.15, -0.1) is 0 Å². The molecule has 2 rings (SSSR count). The normalized spacial score (nSPS) is 11.2. The summed E-state index contributed by atoms with van der Waals surface area (Å²) in [5, 5.41) is 0. The number of sulfonamides is 1. The summed E-state index contributed by atoms with van der Waals surface area (Å²) in [7, 11) is -1.87. The lowest BCUT2D eigenvalue weighted by molar-refractivity contribution is 0.317. The minimum absolute atomic E-state index is 0.0522. The molecule has 0 saturated carbocycles. The molecular weight excluding hydrogens is 333 g/mol. The smallest absolute Gasteiger partial charge is 0.212 e. The van der Waals surface area contributed by atoms with E-state index >= 15 is 0 Å². The van der Waals surface area contributed by atoms with E-state index in [9.17, 15) is 12.8 Å². The Hall–Kier alpha value is -2.12. The van der Waals surface area contributed by atoms with Gasteiger partial charge in [0, 0.05) is 12.1 Å². The SMILES string of the molecule is COc1ccccc1CNS(=O)(=O)CCCOc1ccc(F)cc1. The van der Waals surface area contributed by atoms with E-state index < -0.39 is 10.0 Å². The standard InChI is InChI=1S/C17H20FNO4S/c1-22-17-6-3-2-5-14(17)13-19-24(20,21)12-4-11-23-16-9-7-15(18)8-10-16/h2-3,5-10,19H,4,11-13H2,1H3. The van der Waals surface area contributed by atoms with Gasteiger partial charge in [-0.05, 0) is 36.8 Å². The molecule has 0 aliphatic carbocycles. The van der Waals surface area contributed by atoms with E-state index in [0.717, 1.165) is 5.56 Å². The van der Waals surface area contributed by atoms with Gasteiger partial charge in [-0.1, -0.05) is 18.2 Å². The van der Waals surface area contributed by atoms with Gasteiger partial charge in [0.2, 0.25) is 10.0 Å². The van der Waals surface area contributed by atoms with Crippen molar-refractivity contribution in [3.8, 4) is 11.5 Å². The zero-order valence-corrected chi connectivity index (χ0v) is 14.2. The third kappa shape index (κ3) is 5.82. The van der Waals surface area contributed by atoms with Crippen LogP contribution in [0.15, 0.2) is 48.5 Å². The highest BCUT2D eigenvalue weighted by Crippen LogP contribution is 2.17. The van der Waals surface area contributed by atoms with Crippen molar-refractivity contribution in [1.29, 1.82) is 0 Å². The fourth-order valence-corrected chi connectivity index (χ4v) is 3.10. The highest BCUT2D eigenvalue weighted by molar-refractivity contribution is 7.89. The van der Waals surface area contributed by atoms with Crippen LogP contribution in [0.25, 0.3) is 0 Å². The molecule has 0 aromatic heterocycles. The monoisotopic (exact) mass is 353 g/mol. The summed E-state index contributed by atoms with van der Waals surface area (Å²) in [5.74, 6) is 0.754. The molecule has 0 atom stereocenters. The molecule has 2 aromatic rings. The average Bonchev–Trinajstić information content (AvgIpc) is 2.59. The highest BCUT2D eigenvalue weighted by Gasteiger charge is 2.11. The summed E-state index contributed by atoms with van der Waals surface area (Å²) in [5.41, 5.74) is 0.770. The number of ether oxygens (including phenoxy) is 2. The first kappa shape index (κ1) is 18.2. The molecule has 0 aliphatic rings. The van der Waals surface area contributed by atoms with E-state index in [1.165, 1.54) is 24.3 Å². The van der Waals surface area contributed by atoms with E-state index in [0.29, 0.717) is 17.9 Å². The zero-order chi connectivity index (χ0) is 17.4. The molecule has 0 saturated heterocycles. The minimum atomic E-state index is -3.41. The molecule has 0 amide bonds. The number of methoxy groups -OCH3 is 1. The second kappa shape index (κ2) is 8.65. The first-order valence-corrected chi connectivity index (χ1v) is 9.13. The predicted octanol–water partition coefficient (Wildman–Crippen LogP) is 2.72. The Morgan fingerprint density at radius 3 is 2.50 bits per heavy atom. The van der Waals surface area contributed by atoms with Gasteiger partial charge in [0.15, 0.2) is 0 Å². The molecule has 0 heterocycles. The van der Waals surface area contributed by atoms with E-state index in [2.05, 4.69) is 4.72 Å². The molecule has 0 spiro atoms. The fraction of sp³-hybridized carbons (Fsp3) is 0.294. The van der Waals surface area contributed by atoms with Gasteiger partial charge < -0.3 is 9.47 Å². The fourth-order valence-electron chi connectivity index (χ4n) is 2.08. The van der Waals surface area contributed by atoms with Crippen molar-refractivity contribution in [2.24, 2.45) is 0 Å². The van der Waals surface area contributed by atoms with Crippen LogP contribution in [0.3, 0.4) is 0 Å². The van der Waals surface area contributed by atoms with E-state index in [-0.39, 0.29) is 24.7 Å². The number of para-hydroxylation sites is 1. The van der Waals surface area contributed by atoms with Crippen LogP contribution in [0.1, 0.15) is 12.0 Å². The van der Waals surface area contributed by atoms with Crippen LogP contribution in [-0.4, -0.2) is 27.9 Å². The molecular formula is C17H20FNO4S. The Labute approximate surface area is 141 Å². The summed E-state index contributed by atoms with van der Waals surface area (Å²) in [4.78, 5) is 0. The summed E-state index contributed by atoms with van der Waals surface area (Å²) < 4.78 is 49.9. The third-order valence-corrected chi connectivity index (χ3v) is 4.73. The predicted molar refractivity (Wildman–Crippen MR) is 90.1 cm³/mol. The topological polar surface area (TPSA) is 64.6 Å². The quantitative estimate of drug-likeness (QED) is 0.704. The number of benzene rings is 2. The van der Waals surface area contributed by atoms with Crippen molar-refractivity contribution in [2.45, 2.75) is 13.0 Å². The molecule has 0 bridgehead atoms. The molecule has 0 unspecified atom stereocenters. The van der Waals surface area contributed by atoms with Crippen LogP contribution >= 0.6 is 0 Å². The van der Waals surface area contributed by atoms with Crippen LogP contribution in [0.5, 0.6) is 11.5 Å². The van der Waals surface area contributed by atoms with Gasteiger partial charge in [0.25, 0.3) is 0 Å². The first-order chi connectivity index (χ1) is 11.5. The lowest BCUT2D eigenvalue weighted by atomic mass is 10.2. The second-order valence-electron chi connectivity index (χ2n) is 5.11. The molecule has 0 radical (unpaired) electrons. The Bertz CT molecular complexity index is 747. The van der Waals surface area contributed by atoms with Crippen molar-refractivity contribution in [3.05, 3.63) is 59.9 Å².